The van der Waals surface area contributed by atoms with Gasteiger partial charge in [-0.3, -0.25) is 24.8 Å². The number of halogens is 3. The van der Waals surface area contributed by atoms with E-state index < -0.39 is 23.8 Å². The molecule has 0 unspecified atom stereocenters. The second kappa shape index (κ2) is 14.5. The van der Waals surface area contributed by atoms with E-state index in [-0.39, 0.29) is 18.0 Å². The highest BCUT2D eigenvalue weighted by molar-refractivity contribution is 7.18. The average Bonchev–Trinajstić information content (AvgIpc) is 3.58. The minimum absolute atomic E-state index is 0.254. The van der Waals surface area contributed by atoms with Gasteiger partial charge in [-0.15, -0.1) is 11.3 Å². The van der Waals surface area contributed by atoms with Crippen LogP contribution in [-0.4, -0.2) is 63.9 Å². The average molecular weight is 742 g/mol. The number of carbonyl (C=O) groups is 3. The van der Waals surface area contributed by atoms with E-state index in [1.54, 1.807) is 28.5 Å². The second-order valence-electron chi connectivity index (χ2n) is 14.3. The van der Waals surface area contributed by atoms with Crippen molar-refractivity contribution in [3.63, 3.8) is 0 Å². The van der Waals surface area contributed by atoms with Gasteiger partial charge in [-0.05, 0) is 105 Å². The summed E-state index contributed by atoms with van der Waals surface area (Å²) in [6.07, 6.45) is 5.82. The lowest BCUT2D eigenvalue weighted by Gasteiger charge is -2.36. The molecule has 274 valence electrons. The number of likely N-dealkylation sites (tertiary alicyclic amines) is 1. The number of imide groups is 1. The van der Waals surface area contributed by atoms with E-state index in [1.807, 2.05) is 18.3 Å². The molecule has 3 fully saturated rings. The molecule has 1 aliphatic carbocycles. The number of amides is 4. The Morgan fingerprint density at radius 1 is 0.906 bits per heavy atom. The topological polar surface area (TPSA) is 120 Å². The lowest BCUT2D eigenvalue weighted by molar-refractivity contribution is -0.141. The van der Waals surface area contributed by atoms with Crippen molar-refractivity contribution in [2.75, 3.05) is 36.4 Å². The van der Waals surface area contributed by atoms with Crippen LogP contribution in [0.25, 0.3) is 21.0 Å². The first-order valence-corrected chi connectivity index (χ1v) is 18.9. The Kier molecular flexibility index (Phi) is 9.58. The van der Waals surface area contributed by atoms with Crippen molar-refractivity contribution in [1.29, 1.82) is 0 Å². The summed E-state index contributed by atoms with van der Waals surface area (Å²) in [5.74, 6) is 0.549. The Labute approximate surface area is 307 Å². The Bertz CT molecular complexity index is 2190. The van der Waals surface area contributed by atoms with E-state index in [9.17, 15) is 27.6 Å². The van der Waals surface area contributed by atoms with E-state index in [0.29, 0.717) is 30.0 Å². The van der Waals surface area contributed by atoms with E-state index in [0.717, 1.165) is 95.9 Å². The van der Waals surface area contributed by atoms with Crippen LogP contribution >= 0.6 is 11.3 Å². The highest BCUT2D eigenvalue weighted by atomic mass is 32.1. The number of piperidine rings is 1. The van der Waals surface area contributed by atoms with Crippen LogP contribution in [0.1, 0.15) is 83.5 Å². The van der Waals surface area contributed by atoms with Gasteiger partial charge in [0.2, 0.25) is 5.91 Å². The number of anilines is 2. The molecule has 53 heavy (non-hydrogen) atoms. The zero-order chi connectivity index (χ0) is 36.7. The molecule has 2 aromatic carbocycles. The number of carbonyl (C=O) groups excluding carboxylic acids is 3. The van der Waals surface area contributed by atoms with Gasteiger partial charge in [-0.2, -0.15) is 13.2 Å². The van der Waals surface area contributed by atoms with Crippen LogP contribution in [0.15, 0.2) is 67.0 Å². The fourth-order valence-corrected chi connectivity index (χ4v) is 9.13. The molecule has 2 N–H and O–H groups in total. The summed E-state index contributed by atoms with van der Waals surface area (Å²) in [5, 5.41) is 8.12. The Morgan fingerprint density at radius 2 is 1.72 bits per heavy atom. The van der Waals surface area contributed by atoms with E-state index in [1.165, 1.54) is 17.7 Å². The maximum absolute atomic E-state index is 13.1. The molecule has 2 aliphatic heterocycles. The molecule has 0 atom stereocenters. The molecule has 10 nitrogen and oxygen atoms in total. The van der Waals surface area contributed by atoms with Crippen molar-refractivity contribution in [2.24, 2.45) is 5.92 Å². The zero-order valence-corrected chi connectivity index (χ0v) is 29.7. The molecule has 5 heterocycles. The van der Waals surface area contributed by atoms with Crippen LogP contribution in [0.4, 0.5) is 29.3 Å². The monoisotopic (exact) mass is 741 g/mol. The van der Waals surface area contributed by atoms with Gasteiger partial charge in [0.1, 0.15) is 11.4 Å². The largest absolute Gasteiger partial charge is 0.433 e. The lowest BCUT2D eigenvalue weighted by atomic mass is 9.81. The molecule has 0 radical (unpaired) electrons. The molecular formula is C39H38F3N7O3S. The van der Waals surface area contributed by atoms with Gasteiger partial charge in [-0.1, -0.05) is 18.2 Å². The maximum Gasteiger partial charge on any atom is 0.433 e. The van der Waals surface area contributed by atoms with Crippen molar-refractivity contribution in [1.82, 2.24) is 25.2 Å². The van der Waals surface area contributed by atoms with Gasteiger partial charge >= 0.3 is 12.2 Å². The van der Waals surface area contributed by atoms with Crippen LogP contribution in [0.5, 0.6) is 0 Å². The highest BCUT2D eigenvalue weighted by Crippen LogP contribution is 2.41. The smallest absolute Gasteiger partial charge is 0.321 e. The van der Waals surface area contributed by atoms with Crippen molar-refractivity contribution >= 4 is 61.5 Å². The molecule has 5 aromatic rings. The normalized spacial score (nSPS) is 20.5. The Balaban J connectivity index is 0.827. The van der Waals surface area contributed by atoms with Gasteiger partial charge in [0.25, 0.3) is 5.91 Å². The summed E-state index contributed by atoms with van der Waals surface area (Å²) < 4.78 is 40.1. The molecule has 14 heteroatoms. The van der Waals surface area contributed by atoms with Gasteiger partial charge in [-0.25, -0.2) is 14.8 Å². The molecule has 8 rings (SSSR count). The van der Waals surface area contributed by atoms with Gasteiger partial charge in [0, 0.05) is 48.1 Å². The molecule has 4 amide bonds. The number of rotatable bonds is 7. The predicted molar refractivity (Wildman–Crippen MR) is 197 cm³/mol. The number of pyridine rings is 2. The lowest BCUT2D eigenvalue weighted by Crippen LogP contribution is -2.49. The number of alkyl halides is 3. The van der Waals surface area contributed by atoms with Gasteiger partial charge in [0.05, 0.1) is 27.1 Å². The van der Waals surface area contributed by atoms with Gasteiger partial charge in [0.15, 0.2) is 0 Å². The number of nitrogens with one attached hydrogen (secondary N) is 2. The SMILES string of the molecule is O=C1CCN(c2cncc3cc(C4CCN(CC5CCC(c6nc7ccc(NC(=O)c8cccc(C(F)(F)F)n8)cc7s6)CC5)CC4)ccc23)C(=O)N1. The van der Waals surface area contributed by atoms with Gasteiger partial charge < -0.3 is 10.2 Å². The second-order valence-corrected chi connectivity index (χ2v) is 15.3. The number of thiazole rings is 1. The summed E-state index contributed by atoms with van der Waals surface area (Å²) in [6, 6.07) is 14.7. The zero-order valence-electron chi connectivity index (χ0n) is 28.9. The van der Waals surface area contributed by atoms with Crippen molar-refractivity contribution in [2.45, 2.75) is 63.0 Å². The number of benzene rings is 2. The van der Waals surface area contributed by atoms with E-state index in [4.69, 9.17) is 4.98 Å². The van der Waals surface area contributed by atoms with Crippen molar-refractivity contribution < 1.29 is 27.6 Å². The summed E-state index contributed by atoms with van der Waals surface area (Å²) >= 11 is 1.62. The summed E-state index contributed by atoms with van der Waals surface area (Å²) in [4.78, 5) is 53.8. The fourth-order valence-electron chi connectivity index (χ4n) is 7.96. The Hall–Kier alpha value is -4.95. The number of fused-ring (bicyclic) bond motifs is 2. The fraction of sp³-hybridized carbons (Fsp3) is 0.385. The van der Waals surface area contributed by atoms with E-state index >= 15 is 0 Å². The quantitative estimate of drug-likeness (QED) is 0.173. The molecule has 0 bridgehead atoms. The summed E-state index contributed by atoms with van der Waals surface area (Å²) in [6.45, 7) is 3.57. The summed E-state index contributed by atoms with van der Waals surface area (Å²) in [7, 11) is 0. The first-order valence-electron chi connectivity index (χ1n) is 18.0. The standard InChI is InChI=1S/C39H38F3N7O3S/c40-39(41,42)34-3-1-2-31(45-34)36(51)44-28-9-11-30-33(19-28)53-37(46-30)25-6-4-23(5-7-25)22-48-15-12-24(13-16-48)26-8-10-29-27(18-26)20-43-21-32(29)49-17-14-35(50)47-38(49)52/h1-3,8-11,18-21,23-25H,4-7,12-17,22H2,(H,44,51)(H,47,50,52). The number of nitrogens with zero attached hydrogens (tertiary/aromatic N) is 5. The third kappa shape index (κ3) is 7.61. The number of aromatic nitrogens is 3. The first kappa shape index (κ1) is 35.1. The number of urea groups is 1. The molecule has 3 aliphatic rings. The highest BCUT2D eigenvalue weighted by Gasteiger charge is 2.33. The molecule has 1 saturated carbocycles. The molecule has 0 spiro atoms. The Morgan fingerprint density at radius 3 is 2.49 bits per heavy atom. The molecular weight excluding hydrogens is 704 g/mol. The van der Waals surface area contributed by atoms with Crippen LogP contribution < -0.4 is 15.5 Å². The van der Waals surface area contributed by atoms with Crippen LogP contribution in [0.2, 0.25) is 0 Å². The minimum Gasteiger partial charge on any atom is -0.321 e. The molecule has 2 saturated heterocycles. The van der Waals surface area contributed by atoms with E-state index in [2.05, 4.69) is 43.7 Å². The third-order valence-corrected chi connectivity index (χ3v) is 12.0. The third-order valence-electron chi connectivity index (χ3n) is 10.8. The van der Waals surface area contributed by atoms with Crippen LogP contribution in [0, 0.1) is 5.92 Å². The minimum atomic E-state index is -4.63. The number of hydrogen-bond donors (Lipinski definition) is 2. The summed E-state index contributed by atoms with van der Waals surface area (Å²) in [5.41, 5.74) is 1.95. The number of hydrogen-bond acceptors (Lipinski definition) is 8. The molecule has 3 aromatic heterocycles. The van der Waals surface area contributed by atoms with Crippen molar-refractivity contribution in [3.8, 4) is 0 Å². The predicted octanol–water partition coefficient (Wildman–Crippen LogP) is 8.11. The van der Waals surface area contributed by atoms with Crippen LogP contribution in [0.3, 0.4) is 0 Å². The van der Waals surface area contributed by atoms with Crippen molar-refractivity contribution in [3.05, 3.63) is 88.9 Å². The van der Waals surface area contributed by atoms with Crippen LogP contribution in [-0.2, 0) is 11.0 Å². The first-order chi connectivity index (χ1) is 25.6. The maximum atomic E-state index is 13.1.